The van der Waals surface area contributed by atoms with E-state index in [2.05, 4.69) is 16.8 Å². The van der Waals surface area contributed by atoms with Gasteiger partial charge in [-0.1, -0.05) is 0 Å². The van der Waals surface area contributed by atoms with E-state index in [1.54, 1.807) is 6.07 Å². The summed E-state index contributed by atoms with van der Waals surface area (Å²) in [5.41, 5.74) is 6.16. The maximum atomic E-state index is 8.59. The van der Waals surface area contributed by atoms with Crippen LogP contribution in [0.1, 0.15) is 11.1 Å². The second-order valence-electron chi connectivity index (χ2n) is 2.13. The van der Waals surface area contributed by atoms with E-state index in [9.17, 15) is 0 Å². The third kappa shape index (κ3) is 1.96. The fourth-order valence-corrected chi connectivity index (χ4v) is 0.733. The van der Waals surface area contributed by atoms with Gasteiger partial charge in [-0.2, -0.15) is 10.5 Å². The molecule has 4 nitrogen and oxygen atoms in total. The van der Waals surface area contributed by atoms with Gasteiger partial charge in [-0.3, -0.25) is 0 Å². The van der Waals surface area contributed by atoms with E-state index in [1.807, 2.05) is 6.07 Å². The van der Waals surface area contributed by atoms with Gasteiger partial charge in [0.15, 0.2) is 6.07 Å². The van der Waals surface area contributed by atoms with Gasteiger partial charge < -0.3 is 5.73 Å². The van der Waals surface area contributed by atoms with Gasteiger partial charge in [0.1, 0.15) is 11.9 Å². The zero-order valence-electron chi connectivity index (χ0n) is 6.57. The van der Waals surface area contributed by atoms with Gasteiger partial charge in [0.25, 0.3) is 0 Å². The molecular formula is C9H4N4. The SMILES string of the molecule is N#CC#Cc1cnc(N)c(C#N)c1. The van der Waals surface area contributed by atoms with Crippen molar-refractivity contribution in [1.82, 2.24) is 4.98 Å². The third-order valence-electron chi connectivity index (χ3n) is 1.30. The Morgan fingerprint density at radius 2 is 2.15 bits per heavy atom. The molecule has 1 aromatic heterocycles. The summed E-state index contributed by atoms with van der Waals surface area (Å²) >= 11 is 0. The van der Waals surface area contributed by atoms with Crippen LogP contribution in [0, 0.1) is 34.5 Å². The van der Waals surface area contributed by atoms with Gasteiger partial charge >= 0.3 is 0 Å². The Bertz CT molecular complexity index is 465. The van der Waals surface area contributed by atoms with Crippen LogP contribution in [0.4, 0.5) is 5.82 Å². The Morgan fingerprint density at radius 1 is 1.38 bits per heavy atom. The van der Waals surface area contributed by atoms with E-state index < -0.39 is 0 Å². The second-order valence-corrected chi connectivity index (χ2v) is 2.13. The van der Waals surface area contributed by atoms with Crippen LogP contribution in [0.2, 0.25) is 0 Å². The van der Waals surface area contributed by atoms with E-state index >= 15 is 0 Å². The van der Waals surface area contributed by atoms with Crippen molar-refractivity contribution in [3.63, 3.8) is 0 Å². The molecule has 0 radical (unpaired) electrons. The van der Waals surface area contributed by atoms with Crippen LogP contribution in [0.25, 0.3) is 0 Å². The number of nitrogens with two attached hydrogens (primary N) is 1. The molecule has 0 aliphatic carbocycles. The van der Waals surface area contributed by atoms with Crippen LogP contribution in [0.15, 0.2) is 12.3 Å². The monoisotopic (exact) mass is 168 g/mol. The molecule has 0 amide bonds. The number of hydrogen-bond donors (Lipinski definition) is 1. The van der Waals surface area contributed by atoms with Crippen molar-refractivity contribution in [2.75, 3.05) is 5.73 Å². The second kappa shape index (κ2) is 3.76. The summed E-state index contributed by atoms with van der Waals surface area (Å²) in [4.78, 5) is 3.75. The van der Waals surface area contributed by atoms with Gasteiger partial charge in [-0.25, -0.2) is 4.98 Å². The number of nitrogens with zero attached hydrogens (tertiary/aromatic N) is 3. The highest BCUT2D eigenvalue weighted by Gasteiger charge is 1.98. The number of hydrogen-bond acceptors (Lipinski definition) is 4. The molecule has 1 rings (SSSR count). The van der Waals surface area contributed by atoms with Gasteiger partial charge in [-0.15, -0.1) is 0 Å². The van der Waals surface area contributed by atoms with Gasteiger partial charge in [-0.05, 0) is 12.0 Å². The zero-order valence-corrected chi connectivity index (χ0v) is 6.57. The molecule has 0 aromatic carbocycles. The van der Waals surface area contributed by atoms with Crippen molar-refractivity contribution >= 4 is 5.82 Å². The highest BCUT2D eigenvalue weighted by Crippen LogP contribution is 2.07. The first kappa shape index (κ1) is 8.59. The van der Waals surface area contributed by atoms with E-state index in [4.69, 9.17) is 16.3 Å². The number of nitriles is 2. The van der Waals surface area contributed by atoms with Gasteiger partial charge in [0.2, 0.25) is 0 Å². The quantitative estimate of drug-likeness (QED) is 0.568. The van der Waals surface area contributed by atoms with Crippen LogP contribution in [-0.2, 0) is 0 Å². The summed E-state index contributed by atoms with van der Waals surface area (Å²) in [5, 5.41) is 16.8. The first-order chi connectivity index (χ1) is 6.27. The molecule has 0 saturated heterocycles. The Labute approximate surface area is 75.2 Å². The van der Waals surface area contributed by atoms with Crippen molar-refractivity contribution in [3.05, 3.63) is 23.4 Å². The fourth-order valence-electron chi connectivity index (χ4n) is 0.733. The fraction of sp³-hybridized carbons (Fsp3) is 0. The molecule has 0 spiro atoms. The minimum Gasteiger partial charge on any atom is -0.383 e. The molecule has 0 unspecified atom stereocenters. The molecule has 0 aliphatic rings. The van der Waals surface area contributed by atoms with Crippen molar-refractivity contribution < 1.29 is 0 Å². The maximum Gasteiger partial charge on any atom is 0.152 e. The van der Waals surface area contributed by atoms with E-state index in [-0.39, 0.29) is 11.4 Å². The predicted molar refractivity (Wildman–Crippen MR) is 45.9 cm³/mol. The first-order valence-electron chi connectivity index (χ1n) is 3.33. The largest absolute Gasteiger partial charge is 0.383 e. The predicted octanol–water partition coefficient (Wildman–Crippen LogP) is 0.411. The van der Waals surface area contributed by atoms with Crippen LogP contribution >= 0.6 is 0 Å². The lowest BCUT2D eigenvalue weighted by atomic mass is 10.2. The Balaban J connectivity index is 3.18. The lowest BCUT2D eigenvalue weighted by Gasteiger charge is -1.94. The molecule has 0 aliphatic heterocycles. The number of aromatic nitrogens is 1. The van der Waals surface area contributed by atoms with E-state index in [0.717, 1.165) is 0 Å². The maximum absolute atomic E-state index is 8.59. The number of pyridine rings is 1. The van der Waals surface area contributed by atoms with E-state index in [1.165, 1.54) is 12.3 Å². The van der Waals surface area contributed by atoms with Gasteiger partial charge in [0, 0.05) is 17.7 Å². The van der Waals surface area contributed by atoms with Crippen LogP contribution in [-0.4, -0.2) is 4.98 Å². The topological polar surface area (TPSA) is 86.5 Å². The van der Waals surface area contributed by atoms with Crippen LogP contribution in [0.3, 0.4) is 0 Å². The number of anilines is 1. The number of rotatable bonds is 0. The average Bonchev–Trinajstić information content (AvgIpc) is 2.16. The normalized spacial score (nSPS) is 7.54. The van der Waals surface area contributed by atoms with Crippen LogP contribution in [0.5, 0.6) is 0 Å². The minimum atomic E-state index is 0.171. The average molecular weight is 168 g/mol. The Kier molecular flexibility index (Phi) is 2.48. The first-order valence-corrected chi connectivity index (χ1v) is 3.33. The smallest absolute Gasteiger partial charge is 0.152 e. The van der Waals surface area contributed by atoms with E-state index in [0.29, 0.717) is 5.56 Å². The third-order valence-corrected chi connectivity index (χ3v) is 1.30. The van der Waals surface area contributed by atoms with Gasteiger partial charge in [0.05, 0.1) is 5.56 Å². The molecule has 0 bridgehead atoms. The molecule has 0 atom stereocenters. The molecule has 1 heterocycles. The summed E-state index contributed by atoms with van der Waals surface area (Å²) in [6.45, 7) is 0. The molecule has 13 heavy (non-hydrogen) atoms. The van der Waals surface area contributed by atoms with Crippen molar-refractivity contribution in [3.8, 4) is 24.0 Å². The standard InChI is InChI=1S/C9H4N4/c10-3-1-2-7-4-8(5-11)9(12)13-6-7/h4,6H,(H2,12,13). The molecule has 2 N–H and O–H groups in total. The van der Waals surface area contributed by atoms with Crippen LogP contribution < -0.4 is 5.73 Å². The minimum absolute atomic E-state index is 0.171. The lowest BCUT2D eigenvalue weighted by molar-refractivity contribution is 1.30. The summed E-state index contributed by atoms with van der Waals surface area (Å²) in [5.74, 6) is 4.89. The zero-order chi connectivity index (χ0) is 9.68. The molecule has 4 heteroatoms. The molecule has 1 aromatic rings. The lowest BCUT2D eigenvalue weighted by Crippen LogP contribution is -1.94. The summed E-state index contributed by atoms with van der Waals surface area (Å²) in [6, 6.07) is 5.03. The Morgan fingerprint density at radius 3 is 2.77 bits per heavy atom. The van der Waals surface area contributed by atoms with Crippen molar-refractivity contribution in [1.29, 1.82) is 10.5 Å². The summed E-state index contributed by atoms with van der Waals surface area (Å²) < 4.78 is 0. The summed E-state index contributed by atoms with van der Waals surface area (Å²) in [6.07, 6.45) is 1.42. The molecular weight excluding hydrogens is 164 g/mol. The van der Waals surface area contributed by atoms with Crippen molar-refractivity contribution in [2.45, 2.75) is 0 Å². The molecule has 0 fully saturated rings. The highest BCUT2D eigenvalue weighted by molar-refractivity contribution is 5.52. The molecule has 0 saturated carbocycles. The summed E-state index contributed by atoms with van der Waals surface area (Å²) in [7, 11) is 0. The molecule has 60 valence electrons. The Hall–Kier alpha value is -2.51. The van der Waals surface area contributed by atoms with Crippen molar-refractivity contribution in [2.24, 2.45) is 0 Å². The highest BCUT2D eigenvalue weighted by atomic mass is 14.8. The number of nitrogen functional groups attached to an aromatic ring is 1.